The first-order valence-electron chi connectivity index (χ1n) is 9.41. The van der Waals surface area contributed by atoms with Gasteiger partial charge in [0.2, 0.25) is 5.91 Å². The molecule has 0 saturated carbocycles. The standard InChI is InChI=1S/C22H23FN4O2S/c1-14-9-11-15(12-10-14)27(21(29)18-13-30-26-25-18)19(20(28)24-22(2,3)4)16-7-5-6-8-17(16)23/h5-13,19H,1-4H3,(H,24,28)/t19-/m0/s1. The molecule has 1 atom stereocenters. The van der Waals surface area contributed by atoms with Gasteiger partial charge < -0.3 is 5.32 Å². The van der Waals surface area contributed by atoms with Crippen LogP contribution in [0, 0.1) is 12.7 Å². The third-order valence-electron chi connectivity index (χ3n) is 4.31. The third-order valence-corrected chi connectivity index (χ3v) is 4.82. The van der Waals surface area contributed by atoms with Crippen molar-refractivity contribution in [3.63, 3.8) is 0 Å². The van der Waals surface area contributed by atoms with Crippen molar-refractivity contribution in [1.82, 2.24) is 14.9 Å². The lowest BCUT2D eigenvalue weighted by Crippen LogP contribution is -2.49. The molecule has 0 aliphatic carbocycles. The van der Waals surface area contributed by atoms with E-state index in [1.807, 2.05) is 39.8 Å². The molecule has 0 bridgehead atoms. The molecule has 3 rings (SSSR count). The molecule has 0 spiro atoms. The molecule has 6 nitrogen and oxygen atoms in total. The molecule has 0 aliphatic heterocycles. The van der Waals surface area contributed by atoms with E-state index in [2.05, 4.69) is 14.9 Å². The molecule has 1 aromatic heterocycles. The zero-order chi connectivity index (χ0) is 21.9. The van der Waals surface area contributed by atoms with Crippen molar-refractivity contribution in [2.45, 2.75) is 39.3 Å². The van der Waals surface area contributed by atoms with Crippen LogP contribution in [0.4, 0.5) is 10.1 Å². The maximum Gasteiger partial charge on any atom is 0.280 e. The number of nitrogens with zero attached hydrogens (tertiary/aromatic N) is 3. The fraction of sp³-hybridized carbons (Fsp3) is 0.273. The van der Waals surface area contributed by atoms with Gasteiger partial charge in [-0.05, 0) is 57.4 Å². The molecule has 2 amide bonds. The predicted octanol–water partition coefficient (Wildman–Crippen LogP) is 4.29. The Morgan fingerprint density at radius 3 is 2.33 bits per heavy atom. The van der Waals surface area contributed by atoms with Crippen molar-refractivity contribution in [3.05, 3.63) is 76.5 Å². The molecule has 2 aromatic carbocycles. The summed E-state index contributed by atoms with van der Waals surface area (Å²) >= 11 is 1.03. The summed E-state index contributed by atoms with van der Waals surface area (Å²) in [7, 11) is 0. The van der Waals surface area contributed by atoms with Crippen LogP contribution in [-0.2, 0) is 4.79 Å². The van der Waals surface area contributed by atoms with Gasteiger partial charge in [0, 0.05) is 22.2 Å². The van der Waals surface area contributed by atoms with Crippen LogP contribution in [0.15, 0.2) is 53.9 Å². The van der Waals surface area contributed by atoms with Crippen molar-refractivity contribution in [2.75, 3.05) is 4.90 Å². The molecule has 0 saturated heterocycles. The van der Waals surface area contributed by atoms with Crippen LogP contribution in [0.3, 0.4) is 0 Å². The summed E-state index contributed by atoms with van der Waals surface area (Å²) in [5.74, 6) is -1.61. The number of amides is 2. The number of hydrogen-bond donors (Lipinski definition) is 1. The van der Waals surface area contributed by atoms with E-state index in [1.165, 1.54) is 22.4 Å². The van der Waals surface area contributed by atoms with Crippen molar-refractivity contribution in [3.8, 4) is 0 Å². The molecular formula is C22H23FN4O2S. The summed E-state index contributed by atoms with van der Waals surface area (Å²) in [5.41, 5.74) is 1.05. The molecule has 8 heteroatoms. The van der Waals surface area contributed by atoms with Crippen LogP contribution in [0.5, 0.6) is 0 Å². The van der Waals surface area contributed by atoms with Gasteiger partial charge in [-0.2, -0.15) is 0 Å². The van der Waals surface area contributed by atoms with Crippen molar-refractivity contribution in [1.29, 1.82) is 0 Å². The number of aryl methyl sites for hydroxylation is 1. The topological polar surface area (TPSA) is 75.2 Å². The minimum Gasteiger partial charge on any atom is -0.349 e. The van der Waals surface area contributed by atoms with E-state index < -0.39 is 29.2 Å². The third kappa shape index (κ3) is 4.88. The van der Waals surface area contributed by atoms with E-state index in [9.17, 15) is 14.0 Å². The Hall–Kier alpha value is -3.13. The number of aromatic nitrogens is 2. The van der Waals surface area contributed by atoms with Crippen LogP contribution >= 0.6 is 11.5 Å². The average Bonchev–Trinajstić information content (AvgIpc) is 3.21. The van der Waals surface area contributed by atoms with Crippen LogP contribution in [0.2, 0.25) is 0 Å². The van der Waals surface area contributed by atoms with Gasteiger partial charge in [-0.15, -0.1) is 5.10 Å². The molecule has 1 heterocycles. The molecule has 30 heavy (non-hydrogen) atoms. The van der Waals surface area contributed by atoms with Crippen molar-refractivity contribution < 1.29 is 14.0 Å². The van der Waals surface area contributed by atoms with Gasteiger partial charge in [0.05, 0.1) is 0 Å². The largest absolute Gasteiger partial charge is 0.349 e. The number of hydrogen-bond acceptors (Lipinski definition) is 5. The second-order valence-corrected chi connectivity index (χ2v) is 8.57. The quantitative estimate of drug-likeness (QED) is 0.660. The lowest BCUT2D eigenvalue weighted by atomic mass is 9.99. The average molecular weight is 427 g/mol. The van der Waals surface area contributed by atoms with Gasteiger partial charge >= 0.3 is 0 Å². The Labute approximate surface area is 178 Å². The monoisotopic (exact) mass is 426 g/mol. The van der Waals surface area contributed by atoms with E-state index in [4.69, 9.17) is 0 Å². The first-order chi connectivity index (χ1) is 14.2. The Bertz CT molecular complexity index is 1030. The summed E-state index contributed by atoms with van der Waals surface area (Å²) < 4.78 is 18.6. The van der Waals surface area contributed by atoms with Crippen LogP contribution < -0.4 is 10.2 Å². The first-order valence-corrected chi connectivity index (χ1v) is 10.2. The second-order valence-electron chi connectivity index (χ2n) is 7.96. The fourth-order valence-electron chi connectivity index (χ4n) is 3.00. The van der Waals surface area contributed by atoms with E-state index in [0.29, 0.717) is 5.69 Å². The summed E-state index contributed by atoms with van der Waals surface area (Å²) in [5, 5.41) is 8.24. The highest BCUT2D eigenvalue weighted by Gasteiger charge is 2.37. The highest BCUT2D eigenvalue weighted by atomic mass is 32.1. The molecule has 3 aromatic rings. The highest BCUT2D eigenvalue weighted by molar-refractivity contribution is 7.03. The number of benzene rings is 2. The molecule has 0 aliphatic rings. The number of anilines is 1. The Morgan fingerprint density at radius 1 is 1.10 bits per heavy atom. The van der Waals surface area contributed by atoms with E-state index in [0.717, 1.165) is 17.1 Å². The maximum absolute atomic E-state index is 14.8. The summed E-state index contributed by atoms with van der Waals surface area (Å²) in [4.78, 5) is 28.1. The smallest absolute Gasteiger partial charge is 0.280 e. The molecule has 0 fully saturated rings. The number of halogens is 1. The van der Waals surface area contributed by atoms with E-state index in [1.54, 1.807) is 24.3 Å². The number of carbonyl (C=O) groups excluding carboxylic acids is 2. The zero-order valence-electron chi connectivity index (χ0n) is 17.2. The van der Waals surface area contributed by atoms with E-state index >= 15 is 0 Å². The summed E-state index contributed by atoms with van der Waals surface area (Å²) in [6.45, 7) is 7.39. The maximum atomic E-state index is 14.8. The minimum absolute atomic E-state index is 0.0884. The van der Waals surface area contributed by atoms with Gasteiger partial charge in [0.15, 0.2) is 5.69 Å². The van der Waals surface area contributed by atoms with Crippen molar-refractivity contribution >= 4 is 29.0 Å². The lowest BCUT2D eigenvalue weighted by molar-refractivity contribution is -0.124. The van der Waals surface area contributed by atoms with E-state index in [-0.39, 0.29) is 11.3 Å². The SMILES string of the molecule is Cc1ccc(N(C(=O)c2csnn2)[C@H](C(=O)NC(C)(C)C)c2ccccc2F)cc1. The number of rotatable bonds is 5. The lowest BCUT2D eigenvalue weighted by Gasteiger charge is -2.33. The van der Waals surface area contributed by atoms with Gasteiger partial charge in [-0.1, -0.05) is 40.4 Å². The van der Waals surface area contributed by atoms with Gasteiger partial charge in [-0.25, -0.2) is 4.39 Å². The molecule has 156 valence electrons. The van der Waals surface area contributed by atoms with Gasteiger partial charge in [-0.3, -0.25) is 14.5 Å². The minimum atomic E-state index is -1.23. The molecular weight excluding hydrogens is 403 g/mol. The molecule has 0 unspecified atom stereocenters. The summed E-state index contributed by atoms with van der Waals surface area (Å²) in [6.07, 6.45) is 0. The molecule has 1 N–H and O–H groups in total. The second kappa shape index (κ2) is 8.71. The van der Waals surface area contributed by atoms with Gasteiger partial charge in [0.25, 0.3) is 5.91 Å². The number of nitrogens with one attached hydrogen (secondary N) is 1. The van der Waals surface area contributed by atoms with Crippen LogP contribution in [0.1, 0.15) is 48.4 Å². The summed E-state index contributed by atoms with van der Waals surface area (Å²) in [6, 6.07) is 11.8. The fourth-order valence-corrected chi connectivity index (χ4v) is 3.43. The van der Waals surface area contributed by atoms with Crippen molar-refractivity contribution in [2.24, 2.45) is 0 Å². The Balaban J connectivity index is 2.19. The molecule has 0 radical (unpaired) electrons. The van der Waals surface area contributed by atoms with Gasteiger partial charge in [0.1, 0.15) is 11.9 Å². The highest BCUT2D eigenvalue weighted by Crippen LogP contribution is 2.31. The normalized spacial score (nSPS) is 12.3. The first kappa shape index (κ1) is 21.6. The van der Waals surface area contributed by atoms with Crippen LogP contribution in [-0.4, -0.2) is 26.9 Å². The predicted molar refractivity (Wildman–Crippen MR) is 115 cm³/mol. The zero-order valence-corrected chi connectivity index (χ0v) is 18.0. The Morgan fingerprint density at radius 2 is 1.77 bits per heavy atom. The Kier molecular flexibility index (Phi) is 6.26. The number of carbonyl (C=O) groups is 2. The van der Waals surface area contributed by atoms with Crippen LogP contribution in [0.25, 0.3) is 0 Å².